The van der Waals surface area contributed by atoms with Crippen LogP contribution in [0.15, 0.2) is 0 Å². The van der Waals surface area contributed by atoms with Crippen molar-refractivity contribution in [2.45, 2.75) is 84.1 Å². The summed E-state index contributed by atoms with van der Waals surface area (Å²) in [5.41, 5.74) is 0. The average Bonchev–Trinajstić information content (AvgIpc) is 2.50. The van der Waals surface area contributed by atoms with Gasteiger partial charge in [0.05, 0.1) is 0 Å². The fourth-order valence-corrected chi connectivity index (χ4v) is 3.44. The van der Waals surface area contributed by atoms with E-state index in [2.05, 4.69) is 31.1 Å². The molecule has 1 fully saturated rings. The predicted molar refractivity (Wildman–Crippen MR) is 90.3 cm³/mol. The predicted octanol–water partition coefficient (Wildman–Crippen LogP) is 4.45. The van der Waals surface area contributed by atoms with Crippen LogP contribution < -0.4 is 5.32 Å². The minimum Gasteiger partial charge on any atom is -0.317 e. The summed E-state index contributed by atoms with van der Waals surface area (Å²) in [5, 5.41) is 3.49. The van der Waals surface area contributed by atoms with Crippen LogP contribution in [-0.4, -0.2) is 37.6 Å². The molecular formula is C18H38N2. The number of nitrogens with zero attached hydrogens (tertiary/aromatic N) is 1. The van der Waals surface area contributed by atoms with Gasteiger partial charge >= 0.3 is 0 Å². The Labute approximate surface area is 127 Å². The quantitative estimate of drug-likeness (QED) is 0.563. The molecule has 20 heavy (non-hydrogen) atoms. The van der Waals surface area contributed by atoms with E-state index in [1.165, 1.54) is 83.8 Å². The van der Waals surface area contributed by atoms with Gasteiger partial charge in [-0.2, -0.15) is 0 Å². The van der Waals surface area contributed by atoms with Crippen LogP contribution in [0.4, 0.5) is 0 Å². The first-order chi connectivity index (χ1) is 9.77. The van der Waals surface area contributed by atoms with Crippen LogP contribution in [0.1, 0.15) is 78.1 Å². The highest BCUT2D eigenvalue weighted by Gasteiger charge is 2.22. The van der Waals surface area contributed by atoms with E-state index in [1.807, 2.05) is 0 Å². The normalized spacial score (nSPS) is 23.4. The molecule has 0 spiro atoms. The van der Waals surface area contributed by atoms with Gasteiger partial charge in [0.25, 0.3) is 0 Å². The second-order valence-electron chi connectivity index (χ2n) is 6.73. The number of unbranched alkanes of at least 4 members (excludes halogenated alkanes) is 3. The molecule has 0 aromatic rings. The lowest BCUT2D eigenvalue weighted by molar-refractivity contribution is 0.161. The smallest absolute Gasteiger partial charge is 0.00924 e. The molecular weight excluding hydrogens is 244 g/mol. The Morgan fingerprint density at radius 3 is 2.25 bits per heavy atom. The van der Waals surface area contributed by atoms with Crippen molar-refractivity contribution in [1.29, 1.82) is 0 Å². The third kappa shape index (κ3) is 7.64. The molecule has 2 heteroatoms. The Morgan fingerprint density at radius 1 is 0.900 bits per heavy atom. The van der Waals surface area contributed by atoms with Crippen molar-refractivity contribution in [1.82, 2.24) is 10.2 Å². The first-order valence-corrected chi connectivity index (χ1v) is 9.18. The third-order valence-electron chi connectivity index (χ3n) is 5.06. The molecule has 1 rings (SSSR count). The molecule has 0 unspecified atom stereocenters. The molecule has 0 aromatic carbocycles. The molecule has 1 aliphatic rings. The molecule has 1 saturated carbocycles. The van der Waals surface area contributed by atoms with Crippen molar-refractivity contribution >= 4 is 0 Å². The van der Waals surface area contributed by atoms with Crippen LogP contribution in [0, 0.1) is 5.92 Å². The summed E-state index contributed by atoms with van der Waals surface area (Å²) in [6, 6.07) is 0.879. The van der Waals surface area contributed by atoms with Crippen LogP contribution in [0.25, 0.3) is 0 Å². The van der Waals surface area contributed by atoms with Crippen molar-refractivity contribution in [2.24, 2.45) is 5.92 Å². The molecule has 0 aliphatic heterocycles. The molecule has 0 radical (unpaired) electrons. The zero-order chi connectivity index (χ0) is 14.6. The lowest BCUT2D eigenvalue weighted by Gasteiger charge is -2.34. The van der Waals surface area contributed by atoms with Gasteiger partial charge in [-0.15, -0.1) is 0 Å². The Kier molecular flexibility index (Phi) is 10.4. The summed E-state index contributed by atoms with van der Waals surface area (Å²) < 4.78 is 0. The minimum atomic E-state index is 0.879. The van der Waals surface area contributed by atoms with Gasteiger partial charge in [0.2, 0.25) is 0 Å². The molecule has 120 valence electrons. The standard InChI is InChI=1S/C18H38N2/c1-4-14-19-15-8-6-7-9-16-20(3)18-12-10-17(5-2)11-13-18/h17-19H,4-16H2,1-3H3. The summed E-state index contributed by atoms with van der Waals surface area (Å²) in [6.07, 6.45) is 14.0. The van der Waals surface area contributed by atoms with E-state index in [-0.39, 0.29) is 0 Å². The zero-order valence-electron chi connectivity index (χ0n) is 14.3. The second-order valence-corrected chi connectivity index (χ2v) is 6.73. The maximum absolute atomic E-state index is 3.49. The molecule has 1 aliphatic carbocycles. The number of rotatable bonds is 11. The first-order valence-electron chi connectivity index (χ1n) is 9.18. The largest absolute Gasteiger partial charge is 0.317 e. The monoisotopic (exact) mass is 282 g/mol. The number of nitrogens with one attached hydrogen (secondary N) is 1. The maximum atomic E-state index is 3.49. The molecule has 0 aromatic heterocycles. The van der Waals surface area contributed by atoms with Gasteiger partial charge in [-0.05, 0) is 77.5 Å². The van der Waals surface area contributed by atoms with Gasteiger partial charge in [-0.25, -0.2) is 0 Å². The van der Waals surface area contributed by atoms with Crippen molar-refractivity contribution in [3.05, 3.63) is 0 Å². The fraction of sp³-hybridized carbons (Fsp3) is 1.00. The Balaban J connectivity index is 1.94. The number of hydrogen-bond acceptors (Lipinski definition) is 2. The van der Waals surface area contributed by atoms with E-state index in [4.69, 9.17) is 0 Å². The molecule has 0 heterocycles. The van der Waals surface area contributed by atoms with E-state index in [9.17, 15) is 0 Å². The summed E-state index contributed by atoms with van der Waals surface area (Å²) in [4.78, 5) is 2.64. The van der Waals surface area contributed by atoms with Crippen molar-refractivity contribution in [3.8, 4) is 0 Å². The molecule has 0 amide bonds. The van der Waals surface area contributed by atoms with Crippen LogP contribution in [0.3, 0.4) is 0 Å². The Morgan fingerprint density at radius 2 is 1.60 bits per heavy atom. The van der Waals surface area contributed by atoms with Crippen molar-refractivity contribution in [3.63, 3.8) is 0 Å². The van der Waals surface area contributed by atoms with Gasteiger partial charge in [-0.3, -0.25) is 0 Å². The third-order valence-corrected chi connectivity index (χ3v) is 5.06. The summed E-state index contributed by atoms with van der Waals surface area (Å²) in [6.45, 7) is 8.29. The SMILES string of the molecule is CCCNCCCCCCN(C)C1CCC(CC)CC1. The van der Waals surface area contributed by atoms with E-state index >= 15 is 0 Å². The Hall–Kier alpha value is -0.0800. The van der Waals surface area contributed by atoms with Crippen molar-refractivity contribution < 1.29 is 0 Å². The average molecular weight is 283 g/mol. The summed E-state index contributed by atoms with van der Waals surface area (Å²) in [5.74, 6) is 1.02. The maximum Gasteiger partial charge on any atom is 0.00924 e. The van der Waals surface area contributed by atoms with Crippen LogP contribution in [0.5, 0.6) is 0 Å². The van der Waals surface area contributed by atoms with Crippen molar-refractivity contribution in [2.75, 3.05) is 26.7 Å². The van der Waals surface area contributed by atoms with E-state index in [0.717, 1.165) is 12.0 Å². The van der Waals surface area contributed by atoms with E-state index in [1.54, 1.807) is 0 Å². The van der Waals surface area contributed by atoms with Gasteiger partial charge in [-0.1, -0.05) is 33.1 Å². The highest BCUT2D eigenvalue weighted by Crippen LogP contribution is 2.28. The topological polar surface area (TPSA) is 15.3 Å². The highest BCUT2D eigenvalue weighted by molar-refractivity contribution is 4.77. The number of hydrogen-bond donors (Lipinski definition) is 1. The zero-order valence-corrected chi connectivity index (χ0v) is 14.3. The second kappa shape index (κ2) is 11.6. The van der Waals surface area contributed by atoms with Crippen LogP contribution >= 0.6 is 0 Å². The van der Waals surface area contributed by atoms with E-state index in [0.29, 0.717) is 0 Å². The van der Waals surface area contributed by atoms with Gasteiger partial charge in [0.15, 0.2) is 0 Å². The van der Waals surface area contributed by atoms with E-state index < -0.39 is 0 Å². The lowest BCUT2D eigenvalue weighted by atomic mass is 9.84. The van der Waals surface area contributed by atoms with Gasteiger partial charge in [0.1, 0.15) is 0 Å². The first kappa shape index (κ1) is 18.0. The highest BCUT2D eigenvalue weighted by atomic mass is 15.1. The molecule has 1 N–H and O–H groups in total. The Bertz CT molecular complexity index is 209. The van der Waals surface area contributed by atoms with Gasteiger partial charge in [0, 0.05) is 6.04 Å². The molecule has 0 bridgehead atoms. The molecule has 0 saturated heterocycles. The summed E-state index contributed by atoms with van der Waals surface area (Å²) in [7, 11) is 2.35. The minimum absolute atomic E-state index is 0.879. The lowest BCUT2D eigenvalue weighted by Crippen LogP contribution is -2.35. The summed E-state index contributed by atoms with van der Waals surface area (Å²) >= 11 is 0. The van der Waals surface area contributed by atoms with Crippen LogP contribution in [-0.2, 0) is 0 Å². The molecule has 0 atom stereocenters. The van der Waals surface area contributed by atoms with Crippen LogP contribution in [0.2, 0.25) is 0 Å². The molecule has 2 nitrogen and oxygen atoms in total. The van der Waals surface area contributed by atoms with Gasteiger partial charge < -0.3 is 10.2 Å². The fourth-order valence-electron chi connectivity index (χ4n) is 3.44.